The fourth-order valence-electron chi connectivity index (χ4n) is 1.89. The van der Waals surface area contributed by atoms with Crippen LogP contribution in [0.1, 0.15) is 30.6 Å². The summed E-state index contributed by atoms with van der Waals surface area (Å²) in [5.74, 6) is 1.38. The van der Waals surface area contributed by atoms with Crippen molar-refractivity contribution in [2.24, 2.45) is 0 Å². The molecule has 0 aliphatic heterocycles. The van der Waals surface area contributed by atoms with E-state index in [-0.39, 0.29) is 5.91 Å². The zero-order valence-electron chi connectivity index (χ0n) is 12.9. The molecular weight excluding hydrogens is 278 g/mol. The second-order valence-electron chi connectivity index (χ2n) is 4.77. The van der Waals surface area contributed by atoms with Crippen LogP contribution in [0.4, 0.5) is 11.5 Å². The summed E-state index contributed by atoms with van der Waals surface area (Å²) in [5, 5.41) is 6.01. The Hall–Kier alpha value is -2.56. The third-order valence-corrected chi connectivity index (χ3v) is 3.00. The van der Waals surface area contributed by atoms with Gasteiger partial charge < -0.3 is 15.4 Å². The summed E-state index contributed by atoms with van der Waals surface area (Å²) in [7, 11) is 0. The van der Waals surface area contributed by atoms with Crippen molar-refractivity contribution < 1.29 is 9.53 Å². The molecule has 0 aliphatic rings. The lowest BCUT2D eigenvalue weighted by molar-refractivity contribution is 0.102. The molecule has 1 heterocycles. The molecule has 22 heavy (non-hydrogen) atoms. The summed E-state index contributed by atoms with van der Waals surface area (Å²) in [6, 6.07) is 10.9. The number of carbonyl (C=O) groups is 1. The van der Waals surface area contributed by atoms with Crippen LogP contribution in [0.25, 0.3) is 0 Å². The van der Waals surface area contributed by atoms with Crippen molar-refractivity contribution in [3.63, 3.8) is 0 Å². The quantitative estimate of drug-likeness (QED) is 0.820. The van der Waals surface area contributed by atoms with E-state index in [1.54, 1.807) is 12.3 Å². The number of hydrogen-bond acceptors (Lipinski definition) is 4. The summed E-state index contributed by atoms with van der Waals surface area (Å²) in [5.41, 5.74) is 1.25. The van der Waals surface area contributed by atoms with Crippen LogP contribution in [0, 0.1) is 0 Å². The van der Waals surface area contributed by atoms with E-state index in [0.29, 0.717) is 12.2 Å². The molecule has 1 aromatic heterocycles. The van der Waals surface area contributed by atoms with Gasteiger partial charge >= 0.3 is 0 Å². The monoisotopic (exact) mass is 299 g/mol. The lowest BCUT2D eigenvalue weighted by Crippen LogP contribution is -2.12. The molecule has 0 bridgehead atoms. The van der Waals surface area contributed by atoms with Crippen LogP contribution in [0.15, 0.2) is 42.6 Å². The van der Waals surface area contributed by atoms with E-state index in [1.807, 2.05) is 37.3 Å². The van der Waals surface area contributed by atoms with Gasteiger partial charge in [-0.15, -0.1) is 0 Å². The first-order valence-electron chi connectivity index (χ1n) is 7.47. The molecule has 0 saturated heterocycles. The summed E-state index contributed by atoms with van der Waals surface area (Å²) < 4.78 is 5.37. The van der Waals surface area contributed by atoms with Crippen molar-refractivity contribution in [2.45, 2.75) is 20.3 Å². The van der Waals surface area contributed by atoms with Gasteiger partial charge in [-0.2, -0.15) is 0 Å². The molecule has 0 atom stereocenters. The second kappa shape index (κ2) is 8.02. The molecular formula is C17H21N3O2. The van der Waals surface area contributed by atoms with E-state index in [0.717, 1.165) is 30.2 Å². The molecule has 0 unspecified atom stereocenters. The van der Waals surface area contributed by atoms with Crippen molar-refractivity contribution in [2.75, 3.05) is 23.8 Å². The lowest BCUT2D eigenvalue weighted by atomic mass is 10.2. The normalized spacial score (nSPS) is 10.1. The Kier molecular flexibility index (Phi) is 5.77. The number of benzene rings is 1. The van der Waals surface area contributed by atoms with E-state index in [4.69, 9.17) is 4.74 Å². The highest BCUT2D eigenvalue weighted by Crippen LogP contribution is 2.16. The van der Waals surface area contributed by atoms with Gasteiger partial charge in [0.1, 0.15) is 11.6 Å². The maximum atomic E-state index is 12.1. The third-order valence-electron chi connectivity index (χ3n) is 3.00. The molecule has 2 N–H and O–H groups in total. The lowest BCUT2D eigenvalue weighted by Gasteiger charge is -2.08. The van der Waals surface area contributed by atoms with Gasteiger partial charge in [0.15, 0.2) is 0 Å². The predicted octanol–water partition coefficient (Wildman–Crippen LogP) is 3.55. The fourth-order valence-corrected chi connectivity index (χ4v) is 1.89. The maximum Gasteiger partial charge on any atom is 0.257 e. The van der Waals surface area contributed by atoms with Gasteiger partial charge in [0.2, 0.25) is 0 Å². The largest absolute Gasteiger partial charge is 0.494 e. The number of carbonyl (C=O) groups excluding carboxylic acids is 1. The van der Waals surface area contributed by atoms with Crippen LogP contribution in [-0.4, -0.2) is 24.0 Å². The van der Waals surface area contributed by atoms with Gasteiger partial charge in [-0.05, 0) is 49.7 Å². The highest BCUT2D eigenvalue weighted by molar-refractivity contribution is 6.04. The van der Waals surface area contributed by atoms with Crippen molar-refractivity contribution in [1.29, 1.82) is 0 Å². The summed E-state index contributed by atoms with van der Waals surface area (Å²) in [4.78, 5) is 16.4. The minimum Gasteiger partial charge on any atom is -0.494 e. The molecule has 0 aliphatic carbocycles. The van der Waals surface area contributed by atoms with Crippen LogP contribution < -0.4 is 15.4 Å². The van der Waals surface area contributed by atoms with Gasteiger partial charge in [0.25, 0.3) is 5.91 Å². The number of pyridine rings is 1. The number of rotatable bonds is 7. The summed E-state index contributed by atoms with van der Waals surface area (Å²) >= 11 is 0. The second-order valence-corrected chi connectivity index (χ2v) is 4.77. The standard InChI is InChI=1S/C17H21N3O2/c1-3-11-18-16-10-5-13(12-19-16)17(21)20-14-6-8-15(9-7-14)22-4-2/h5-10,12H,3-4,11H2,1-2H3,(H,18,19)(H,20,21). The van der Waals surface area contributed by atoms with Crippen molar-refractivity contribution >= 4 is 17.4 Å². The number of amides is 1. The Morgan fingerprint density at radius 1 is 1.14 bits per heavy atom. The molecule has 1 aromatic carbocycles. The van der Waals surface area contributed by atoms with Crippen LogP contribution >= 0.6 is 0 Å². The molecule has 0 saturated carbocycles. The van der Waals surface area contributed by atoms with Crippen LogP contribution in [0.3, 0.4) is 0 Å². The molecule has 2 aromatic rings. The Labute approximate surface area is 130 Å². The van der Waals surface area contributed by atoms with E-state index in [1.165, 1.54) is 0 Å². The van der Waals surface area contributed by atoms with Gasteiger partial charge in [-0.25, -0.2) is 4.98 Å². The van der Waals surface area contributed by atoms with E-state index >= 15 is 0 Å². The van der Waals surface area contributed by atoms with Gasteiger partial charge in [0, 0.05) is 18.4 Å². The Bertz CT molecular complexity index is 594. The minimum absolute atomic E-state index is 0.182. The fraction of sp³-hybridized carbons (Fsp3) is 0.294. The van der Waals surface area contributed by atoms with E-state index in [2.05, 4.69) is 22.5 Å². The highest BCUT2D eigenvalue weighted by Gasteiger charge is 2.07. The molecule has 0 fully saturated rings. The van der Waals surface area contributed by atoms with Crippen LogP contribution in [-0.2, 0) is 0 Å². The smallest absolute Gasteiger partial charge is 0.257 e. The first kappa shape index (κ1) is 15.8. The molecule has 5 nitrogen and oxygen atoms in total. The molecule has 5 heteroatoms. The Morgan fingerprint density at radius 3 is 2.50 bits per heavy atom. The van der Waals surface area contributed by atoms with Gasteiger partial charge in [-0.3, -0.25) is 4.79 Å². The SMILES string of the molecule is CCCNc1ccc(C(=O)Nc2ccc(OCC)cc2)cn1. The number of aromatic nitrogens is 1. The molecule has 1 amide bonds. The highest BCUT2D eigenvalue weighted by atomic mass is 16.5. The summed E-state index contributed by atoms with van der Waals surface area (Å²) in [6.07, 6.45) is 2.60. The molecule has 0 spiro atoms. The van der Waals surface area contributed by atoms with Crippen molar-refractivity contribution in [3.05, 3.63) is 48.2 Å². The Balaban J connectivity index is 1.96. The van der Waals surface area contributed by atoms with Gasteiger partial charge in [0.05, 0.1) is 12.2 Å². The van der Waals surface area contributed by atoms with Crippen LogP contribution in [0.2, 0.25) is 0 Å². The molecule has 116 valence electrons. The number of hydrogen-bond donors (Lipinski definition) is 2. The van der Waals surface area contributed by atoms with Crippen molar-refractivity contribution in [3.8, 4) is 5.75 Å². The topological polar surface area (TPSA) is 63.2 Å². The molecule has 0 radical (unpaired) electrons. The number of nitrogens with zero attached hydrogens (tertiary/aromatic N) is 1. The van der Waals surface area contributed by atoms with Gasteiger partial charge in [-0.1, -0.05) is 6.92 Å². The van der Waals surface area contributed by atoms with Crippen molar-refractivity contribution in [1.82, 2.24) is 4.98 Å². The minimum atomic E-state index is -0.182. The average Bonchev–Trinajstić information content (AvgIpc) is 2.55. The third kappa shape index (κ3) is 4.48. The number of ether oxygens (including phenoxy) is 1. The van der Waals surface area contributed by atoms with E-state index < -0.39 is 0 Å². The van der Waals surface area contributed by atoms with Crippen LogP contribution in [0.5, 0.6) is 5.75 Å². The Morgan fingerprint density at radius 2 is 1.91 bits per heavy atom. The first-order valence-corrected chi connectivity index (χ1v) is 7.47. The van der Waals surface area contributed by atoms with E-state index in [9.17, 15) is 4.79 Å². The predicted molar refractivity (Wildman–Crippen MR) is 88.6 cm³/mol. The first-order chi connectivity index (χ1) is 10.7. The zero-order chi connectivity index (χ0) is 15.8. The molecule has 2 rings (SSSR count). The zero-order valence-corrected chi connectivity index (χ0v) is 12.9. The average molecular weight is 299 g/mol. The number of anilines is 2. The summed E-state index contributed by atoms with van der Waals surface area (Å²) in [6.45, 7) is 5.51. The number of nitrogens with one attached hydrogen (secondary N) is 2. The maximum absolute atomic E-state index is 12.1.